The zero-order valence-corrected chi connectivity index (χ0v) is 21.4. The molecule has 38 heavy (non-hydrogen) atoms. The van der Waals surface area contributed by atoms with Gasteiger partial charge in [0.15, 0.2) is 5.69 Å². The molecular formula is C28H31F2N3O5. The van der Waals surface area contributed by atoms with Crippen molar-refractivity contribution in [1.82, 2.24) is 14.7 Å². The molecule has 0 spiro atoms. The molecule has 0 aliphatic heterocycles. The van der Waals surface area contributed by atoms with Crippen molar-refractivity contribution in [3.05, 3.63) is 88.8 Å². The Balaban J connectivity index is 2.01. The molecule has 0 aliphatic rings. The molecule has 0 saturated carbocycles. The molecule has 3 N–H and O–H groups in total. The highest BCUT2D eigenvalue weighted by molar-refractivity contribution is 5.95. The van der Waals surface area contributed by atoms with Gasteiger partial charge in [0.2, 0.25) is 0 Å². The average molecular weight is 528 g/mol. The van der Waals surface area contributed by atoms with Crippen LogP contribution in [-0.2, 0) is 11.3 Å². The number of carbonyl (C=O) groups excluding carboxylic acids is 1. The van der Waals surface area contributed by atoms with E-state index in [9.17, 15) is 28.6 Å². The van der Waals surface area contributed by atoms with Crippen molar-refractivity contribution in [2.75, 3.05) is 7.05 Å². The minimum Gasteiger partial charge on any atom is -0.481 e. The first-order valence-corrected chi connectivity index (χ1v) is 12.1. The van der Waals surface area contributed by atoms with Crippen LogP contribution < -0.4 is 0 Å². The summed E-state index contributed by atoms with van der Waals surface area (Å²) >= 11 is 0. The number of amides is 1. The number of carboxylic acids is 1. The molecule has 0 fully saturated rings. The molecule has 0 radical (unpaired) electrons. The summed E-state index contributed by atoms with van der Waals surface area (Å²) in [5.74, 6) is -2.57. The molecule has 1 heterocycles. The van der Waals surface area contributed by atoms with Crippen molar-refractivity contribution >= 4 is 18.0 Å². The second-order valence-electron chi connectivity index (χ2n) is 9.39. The highest BCUT2D eigenvalue weighted by Gasteiger charge is 2.27. The Morgan fingerprint density at radius 2 is 1.61 bits per heavy atom. The molecule has 0 bridgehead atoms. The molecule has 202 valence electrons. The van der Waals surface area contributed by atoms with E-state index in [1.807, 2.05) is 13.8 Å². The first-order valence-electron chi connectivity index (χ1n) is 12.1. The van der Waals surface area contributed by atoms with Gasteiger partial charge in [-0.15, -0.1) is 0 Å². The topological polar surface area (TPSA) is 116 Å². The van der Waals surface area contributed by atoms with Gasteiger partial charge in [0.05, 0.1) is 30.0 Å². The van der Waals surface area contributed by atoms with Crippen LogP contribution in [0.5, 0.6) is 0 Å². The number of rotatable bonds is 11. The first-order chi connectivity index (χ1) is 18.0. The van der Waals surface area contributed by atoms with E-state index in [1.165, 1.54) is 52.1 Å². The predicted molar refractivity (Wildman–Crippen MR) is 138 cm³/mol. The van der Waals surface area contributed by atoms with Crippen molar-refractivity contribution in [2.45, 2.75) is 51.4 Å². The third kappa shape index (κ3) is 7.33. The Bertz CT molecular complexity index is 1290. The highest BCUT2D eigenvalue weighted by atomic mass is 19.1. The Hall–Kier alpha value is -3.89. The number of aliphatic hydroxyl groups is 2. The molecular weight excluding hydrogens is 496 g/mol. The quantitative estimate of drug-likeness (QED) is 0.345. The van der Waals surface area contributed by atoms with Crippen molar-refractivity contribution in [3.63, 3.8) is 0 Å². The third-order valence-corrected chi connectivity index (χ3v) is 5.89. The van der Waals surface area contributed by atoms with E-state index in [4.69, 9.17) is 5.11 Å². The van der Waals surface area contributed by atoms with Crippen molar-refractivity contribution in [3.8, 4) is 5.69 Å². The largest absolute Gasteiger partial charge is 0.481 e. The van der Waals surface area contributed by atoms with Gasteiger partial charge in [-0.25, -0.2) is 13.5 Å². The van der Waals surface area contributed by atoms with Crippen LogP contribution in [0.1, 0.15) is 59.9 Å². The number of hydrogen-bond donors (Lipinski definition) is 3. The second-order valence-corrected chi connectivity index (χ2v) is 9.39. The van der Waals surface area contributed by atoms with E-state index >= 15 is 0 Å². The van der Waals surface area contributed by atoms with Gasteiger partial charge in [0.25, 0.3) is 5.91 Å². The first kappa shape index (κ1) is 28.7. The summed E-state index contributed by atoms with van der Waals surface area (Å²) in [5, 5.41) is 33.7. The van der Waals surface area contributed by atoms with Gasteiger partial charge in [-0.05, 0) is 54.0 Å². The number of halogens is 2. The van der Waals surface area contributed by atoms with Crippen LogP contribution >= 0.6 is 0 Å². The van der Waals surface area contributed by atoms with E-state index in [2.05, 4.69) is 5.10 Å². The number of carbonyl (C=O) groups is 2. The Morgan fingerprint density at radius 3 is 2.16 bits per heavy atom. The van der Waals surface area contributed by atoms with Gasteiger partial charge in [0, 0.05) is 25.6 Å². The Morgan fingerprint density at radius 1 is 1.03 bits per heavy atom. The number of aromatic nitrogens is 2. The summed E-state index contributed by atoms with van der Waals surface area (Å²) in [4.78, 5) is 25.8. The Kier molecular flexibility index (Phi) is 9.49. The lowest BCUT2D eigenvalue weighted by Gasteiger charge is -2.17. The summed E-state index contributed by atoms with van der Waals surface area (Å²) in [6, 6.07) is 11.4. The van der Waals surface area contributed by atoms with E-state index in [1.54, 1.807) is 25.3 Å². The SMILES string of the molecule is CC(C)c1c(C(=O)N(C)Cc2ccc(F)cc2)nn(-c2ccc(F)cc2)c1C=CC(O)CC(O)CC(=O)O. The summed E-state index contributed by atoms with van der Waals surface area (Å²) in [5.41, 5.74) is 2.42. The lowest BCUT2D eigenvalue weighted by Crippen LogP contribution is -2.27. The van der Waals surface area contributed by atoms with Crippen molar-refractivity contribution in [2.24, 2.45) is 0 Å². The smallest absolute Gasteiger partial charge is 0.305 e. The molecule has 1 aromatic heterocycles. The zero-order valence-electron chi connectivity index (χ0n) is 21.4. The standard InChI is InChI=1S/C28H31F2N3O5/c1-17(2)26-24(13-12-22(34)14-23(35)15-25(36)37)33(21-10-8-20(30)9-11-21)31-27(26)28(38)32(3)16-18-4-6-19(29)7-5-18/h4-13,17,22-23,34-35H,14-16H2,1-3H3,(H,36,37). The van der Waals surface area contributed by atoms with E-state index < -0.39 is 30.4 Å². The molecule has 0 saturated heterocycles. The lowest BCUT2D eigenvalue weighted by atomic mass is 9.98. The molecule has 8 nitrogen and oxygen atoms in total. The van der Waals surface area contributed by atoms with Gasteiger partial charge in [-0.2, -0.15) is 5.10 Å². The maximum atomic E-state index is 13.6. The predicted octanol–water partition coefficient (Wildman–Crippen LogP) is 4.15. The number of hydrogen-bond acceptors (Lipinski definition) is 5. The van der Waals surface area contributed by atoms with Gasteiger partial charge in [0.1, 0.15) is 11.6 Å². The zero-order chi connectivity index (χ0) is 28.0. The summed E-state index contributed by atoms with van der Waals surface area (Å²) in [6.07, 6.45) is -0.159. The van der Waals surface area contributed by atoms with E-state index in [-0.39, 0.29) is 36.3 Å². The van der Waals surface area contributed by atoms with Crippen LogP contribution in [0.15, 0.2) is 54.6 Å². The number of carboxylic acid groups (broad SMARTS) is 1. The fourth-order valence-electron chi connectivity index (χ4n) is 4.07. The molecule has 2 aromatic carbocycles. The fraction of sp³-hybridized carbons (Fsp3) is 0.321. The maximum Gasteiger partial charge on any atom is 0.305 e. The monoisotopic (exact) mass is 527 g/mol. The van der Waals surface area contributed by atoms with Crippen LogP contribution in [0, 0.1) is 11.6 Å². The molecule has 0 aliphatic carbocycles. The van der Waals surface area contributed by atoms with Crippen molar-refractivity contribution in [1.29, 1.82) is 0 Å². The number of benzene rings is 2. The normalized spacial score (nSPS) is 13.2. The van der Waals surface area contributed by atoms with Gasteiger partial charge < -0.3 is 20.2 Å². The summed E-state index contributed by atoms with van der Waals surface area (Å²) < 4.78 is 28.4. The van der Waals surface area contributed by atoms with E-state index in [0.717, 1.165) is 5.56 Å². The van der Waals surface area contributed by atoms with Crippen LogP contribution in [0.3, 0.4) is 0 Å². The van der Waals surface area contributed by atoms with Crippen molar-refractivity contribution < 1.29 is 33.7 Å². The molecule has 1 amide bonds. The summed E-state index contributed by atoms with van der Waals surface area (Å²) in [6.45, 7) is 3.98. The van der Waals surface area contributed by atoms with Crippen LogP contribution in [0.2, 0.25) is 0 Å². The van der Waals surface area contributed by atoms with E-state index in [0.29, 0.717) is 16.9 Å². The highest BCUT2D eigenvalue weighted by Crippen LogP contribution is 2.29. The lowest BCUT2D eigenvalue weighted by molar-refractivity contribution is -0.139. The average Bonchev–Trinajstić information content (AvgIpc) is 3.23. The number of aliphatic carboxylic acids is 1. The van der Waals surface area contributed by atoms with Crippen LogP contribution in [-0.4, -0.2) is 61.1 Å². The fourth-order valence-corrected chi connectivity index (χ4v) is 4.07. The minimum atomic E-state index is -1.24. The molecule has 3 rings (SSSR count). The molecule has 3 aromatic rings. The van der Waals surface area contributed by atoms with Crippen LogP contribution in [0.4, 0.5) is 8.78 Å². The van der Waals surface area contributed by atoms with Gasteiger partial charge in [-0.1, -0.05) is 32.1 Å². The second kappa shape index (κ2) is 12.6. The maximum absolute atomic E-state index is 13.6. The Labute approximate surface area is 219 Å². The molecule has 2 unspecified atom stereocenters. The third-order valence-electron chi connectivity index (χ3n) is 5.89. The van der Waals surface area contributed by atoms with Gasteiger partial charge >= 0.3 is 5.97 Å². The minimum absolute atomic E-state index is 0.161. The number of aliphatic hydroxyl groups excluding tert-OH is 2. The molecule has 10 heteroatoms. The van der Waals surface area contributed by atoms with Gasteiger partial charge in [-0.3, -0.25) is 9.59 Å². The summed E-state index contributed by atoms with van der Waals surface area (Å²) in [7, 11) is 1.61. The molecule has 2 atom stereocenters. The van der Waals surface area contributed by atoms with Crippen LogP contribution in [0.25, 0.3) is 11.8 Å². The number of nitrogens with zero attached hydrogens (tertiary/aromatic N) is 3.